The van der Waals surface area contributed by atoms with Crippen LogP contribution in [0.4, 0.5) is 11.5 Å². The van der Waals surface area contributed by atoms with E-state index >= 15 is 0 Å². The van der Waals surface area contributed by atoms with Crippen LogP contribution >= 0.6 is 0 Å². The lowest BCUT2D eigenvalue weighted by Gasteiger charge is -2.35. The molecule has 8 nitrogen and oxygen atoms in total. The Balaban J connectivity index is 1.31. The minimum absolute atomic E-state index is 0.0177. The monoisotopic (exact) mass is 382 g/mol. The molecule has 1 saturated carbocycles. The zero-order valence-corrected chi connectivity index (χ0v) is 15.7. The third-order valence-corrected chi connectivity index (χ3v) is 5.51. The normalized spacial score (nSPS) is 21.3. The number of hydrogen-bond donors (Lipinski definition) is 0. The molecule has 1 amide bonds. The van der Waals surface area contributed by atoms with Crippen LogP contribution in [0, 0.1) is 16.0 Å². The molecule has 0 bridgehead atoms. The second-order valence-corrected chi connectivity index (χ2v) is 7.17. The Kier molecular flexibility index (Phi) is 4.85. The predicted molar refractivity (Wildman–Crippen MR) is 104 cm³/mol. The van der Waals surface area contributed by atoms with Gasteiger partial charge >= 0.3 is 0 Å². The summed E-state index contributed by atoms with van der Waals surface area (Å²) in [4.78, 5) is 31.3. The lowest BCUT2D eigenvalue weighted by atomic mass is 10.1. The second kappa shape index (κ2) is 7.46. The van der Waals surface area contributed by atoms with Crippen molar-refractivity contribution < 1.29 is 14.5 Å². The van der Waals surface area contributed by atoms with Crippen LogP contribution in [-0.4, -0.2) is 54.0 Å². The number of piperazine rings is 1. The van der Waals surface area contributed by atoms with Crippen molar-refractivity contribution in [2.75, 3.05) is 38.2 Å². The van der Waals surface area contributed by atoms with Crippen LogP contribution in [0.1, 0.15) is 17.9 Å². The molecule has 1 aromatic heterocycles. The average Bonchev–Trinajstić information content (AvgIpc) is 3.54. The highest BCUT2D eigenvalue weighted by molar-refractivity contribution is 5.83. The van der Waals surface area contributed by atoms with Gasteiger partial charge < -0.3 is 14.5 Å². The Morgan fingerprint density at radius 3 is 2.43 bits per heavy atom. The quantitative estimate of drug-likeness (QED) is 0.583. The van der Waals surface area contributed by atoms with E-state index in [1.54, 1.807) is 13.2 Å². The van der Waals surface area contributed by atoms with E-state index in [-0.39, 0.29) is 17.5 Å². The van der Waals surface area contributed by atoms with Crippen LogP contribution < -0.4 is 9.64 Å². The van der Waals surface area contributed by atoms with Gasteiger partial charge in [0, 0.05) is 38.2 Å². The number of rotatable bonds is 5. The molecule has 2 aliphatic rings. The minimum Gasteiger partial charge on any atom is -0.497 e. The van der Waals surface area contributed by atoms with Crippen LogP contribution in [0.3, 0.4) is 0 Å². The fourth-order valence-electron chi connectivity index (χ4n) is 3.75. The smallest absolute Gasteiger partial charge is 0.287 e. The second-order valence-electron chi connectivity index (χ2n) is 7.17. The highest BCUT2D eigenvalue weighted by Crippen LogP contribution is 2.48. The first kappa shape index (κ1) is 18.2. The van der Waals surface area contributed by atoms with Gasteiger partial charge in [-0.25, -0.2) is 4.98 Å². The number of nitrogens with zero attached hydrogens (tertiary/aromatic N) is 4. The number of amides is 1. The third kappa shape index (κ3) is 3.62. The van der Waals surface area contributed by atoms with Gasteiger partial charge in [-0.15, -0.1) is 0 Å². The van der Waals surface area contributed by atoms with Crippen LogP contribution in [0.15, 0.2) is 42.6 Å². The van der Waals surface area contributed by atoms with Gasteiger partial charge in [0.25, 0.3) is 5.69 Å². The number of carbonyl (C=O) groups is 1. The summed E-state index contributed by atoms with van der Waals surface area (Å²) in [5, 5.41) is 10.7. The summed E-state index contributed by atoms with van der Waals surface area (Å²) in [7, 11) is 1.64. The molecule has 146 valence electrons. The number of anilines is 1. The summed E-state index contributed by atoms with van der Waals surface area (Å²) in [5.74, 6) is 2.12. The predicted octanol–water partition coefficient (Wildman–Crippen LogP) is 2.45. The van der Waals surface area contributed by atoms with Crippen LogP contribution in [-0.2, 0) is 4.79 Å². The first-order chi connectivity index (χ1) is 13.6. The molecule has 8 heteroatoms. The van der Waals surface area contributed by atoms with E-state index in [2.05, 4.69) is 9.88 Å². The topological polar surface area (TPSA) is 88.8 Å². The van der Waals surface area contributed by atoms with Crippen LogP contribution in [0.2, 0.25) is 0 Å². The highest BCUT2D eigenvalue weighted by Gasteiger charge is 2.46. The Bertz CT molecular complexity index is 861. The molecule has 0 radical (unpaired) electrons. The molecule has 2 unspecified atom stereocenters. The van der Waals surface area contributed by atoms with Gasteiger partial charge in [0.2, 0.25) is 5.91 Å². The highest BCUT2D eigenvalue weighted by atomic mass is 16.6. The van der Waals surface area contributed by atoms with Crippen molar-refractivity contribution in [1.82, 2.24) is 9.88 Å². The van der Waals surface area contributed by atoms with E-state index in [1.165, 1.54) is 17.8 Å². The summed E-state index contributed by atoms with van der Waals surface area (Å²) < 4.78 is 5.19. The maximum atomic E-state index is 12.8. The van der Waals surface area contributed by atoms with Gasteiger partial charge in [-0.3, -0.25) is 14.9 Å². The Labute approximate surface area is 162 Å². The molecule has 0 spiro atoms. The van der Waals surface area contributed by atoms with Crippen molar-refractivity contribution in [3.8, 4) is 5.75 Å². The van der Waals surface area contributed by atoms with Crippen molar-refractivity contribution in [3.05, 3.63) is 58.3 Å². The van der Waals surface area contributed by atoms with E-state index in [1.807, 2.05) is 29.2 Å². The Morgan fingerprint density at radius 1 is 1.14 bits per heavy atom. The molecule has 1 aromatic carbocycles. The molecule has 4 rings (SSSR count). The zero-order chi connectivity index (χ0) is 19.7. The number of pyridine rings is 1. The number of ether oxygens (including phenoxy) is 1. The summed E-state index contributed by atoms with van der Waals surface area (Å²) in [6.07, 6.45) is 2.17. The van der Waals surface area contributed by atoms with Crippen LogP contribution in [0.25, 0.3) is 0 Å². The first-order valence-corrected chi connectivity index (χ1v) is 9.35. The Hall–Kier alpha value is -3.16. The summed E-state index contributed by atoms with van der Waals surface area (Å²) >= 11 is 0. The summed E-state index contributed by atoms with van der Waals surface area (Å²) in [6, 6.07) is 11.1. The van der Waals surface area contributed by atoms with Gasteiger partial charge in [0.15, 0.2) is 0 Å². The zero-order valence-electron chi connectivity index (χ0n) is 15.7. The van der Waals surface area contributed by atoms with Crippen molar-refractivity contribution in [2.24, 2.45) is 5.92 Å². The van der Waals surface area contributed by atoms with Gasteiger partial charge in [-0.2, -0.15) is 0 Å². The van der Waals surface area contributed by atoms with E-state index < -0.39 is 4.92 Å². The molecular weight excluding hydrogens is 360 g/mol. The molecule has 2 aromatic rings. The molecule has 0 N–H and O–H groups in total. The molecule has 2 atom stereocenters. The van der Waals surface area contributed by atoms with Crippen molar-refractivity contribution in [1.29, 1.82) is 0 Å². The van der Waals surface area contributed by atoms with Gasteiger partial charge in [0.1, 0.15) is 17.8 Å². The lowest BCUT2D eigenvalue weighted by Crippen LogP contribution is -2.49. The fourth-order valence-corrected chi connectivity index (χ4v) is 3.75. The minimum atomic E-state index is -0.456. The summed E-state index contributed by atoms with van der Waals surface area (Å²) in [6.45, 7) is 2.64. The largest absolute Gasteiger partial charge is 0.497 e. The number of benzene rings is 1. The number of carbonyl (C=O) groups excluding carboxylic acids is 1. The van der Waals surface area contributed by atoms with Crippen molar-refractivity contribution in [3.63, 3.8) is 0 Å². The van der Waals surface area contributed by atoms with E-state index in [0.717, 1.165) is 12.2 Å². The lowest BCUT2D eigenvalue weighted by molar-refractivity contribution is -0.385. The van der Waals surface area contributed by atoms with Gasteiger partial charge in [-0.05, 0) is 36.1 Å². The molecule has 1 aliphatic heterocycles. The number of methoxy groups -OCH3 is 1. The maximum Gasteiger partial charge on any atom is 0.287 e. The van der Waals surface area contributed by atoms with Crippen molar-refractivity contribution in [2.45, 2.75) is 12.3 Å². The molecule has 2 fully saturated rings. The summed E-state index contributed by atoms with van der Waals surface area (Å²) in [5.41, 5.74) is 1.17. The number of nitro groups is 1. The molecule has 28 heavy (non-hydrogen) atoms. The SMILES string of the molecule is COc1ccc(C2CC2C(=O)N2CCN(c3ccc([N+](=O)[O-])cn3)CC2)cc1. The van der Waals surface area contributed by atoms with E-state index in [9.17, 15) is 14.9 Å². The maximum absolute atomic E-state index is 12.8. The van der Waals surface area contributed by atoms with Crippen molar-refractivity contribution >= 4 is 17.4 Å². The third-order valence-electron chi connectivity index (χ3n) is 5.51. The first-order valence-electron chi connectivity index (χ1n) is 9.35. The van der Waals surface area contributed by atoms with E-state index in [4.69, 9.17) is 4.74 Å². The molecule has 1 aliphatic carbocycles. The number of hydrogen-bond acceptors (Lipinski definition) is 6. The molecule has 1 saturated heterocycles. The fraction of sp³-hybridized carbons (Fsp3) is 0.400. The van der Waals surface area contributed by atoms with Gasteiger partial charge in [0.05, 0.1) is 12.0 Å². The van der Waals surface area contributed by atoms with Gasteiger partial charge in [-0.1, -0.05) is 12.1 Å². The molecule has 2 heterocycles. The van der Waals surface area contributed by atoms with E-state index in [0.29, 0.717) is 37.9 Å². The van der Waals surface area contributed by atoms with Crippen LogP contribution in [0.5, 0.6) is 5.75 Å². The molecular formula is C20H22N4O4. The number of aromatic nitrogens is 1. The Morgan fingerprint density at radius 2 is 1.86 bits per heavy atom. The standard InChI is InChI=1S/C20H22N4O4/c1-28-16-5-2-14(3-6-16)17-12-18(17)20(25)23-10-8-22(9-11-23)19-7-4-15(13-21-19)24(26)27/h2-7,13,17-18H,8-12H2,1H3. The average molecular weight is 382 g/mol.